The van der Waals surface area contributed by atoms with Crippen LogP contribution in [0.2, 0.25) is 0 Å². The van der Waals surface area contributed by atoms with E-state index in [9.17, 15) is 0 Å². The van der Waals surface area contributed by atoms with Crippen LogP contribution in [0.5, 0.6) is 0 Å². The van der Waals surface area contributed by atoms with Crippen LogP contribution in [0.4, 0.5) is 5.82 Å². The number of rotatable bonds is 0. The summed E-state index contributed by atoms with van der Waals surface area (Å²) in [5.41, 5.74) is 8.34. The van der Waals surface area contributed by atoms with E-state index in [0.717, 1.165) is 12.2 Å². The van der Waals surface area contributed by atoms with Crippen molar-refractivity contribution in [3.05, 3.63) is 11.3 Å². The Labute approximate surface area is 66.2 Å². The maximum absolute atomic E-state index is 5.84. The third-order valence-corrected chi connectivity index (χ3v) is 2.51. The van der Waals surface area contributed by atoms with Crippen LogP contribution in [-0.4, -0.2) is 9.78 Å². The summed E-state index contributed by atoms with van der Waals surface area (Å²) in [6.45, 7) is 2.21. The Bertz CT molecular complexity index is 288. The second kappa shape index (κ2) is 2.00. The lowest BCUT2D eigenvalue weighted by atomic mass is 10.1. The first-order valence-electron chi connectivity index (χ1n) is 4.01. The highest BCUT2D eigenvalue weighted by atomic mass is 15.3. The van der Waals surface area contributed by atoms with E-state index in [2.05, 4.69) is 12.0 Å². The van der Waals surface area contributed by atoms with Gasteiger partial charge in [0.25, 0.3) is 0 Å². The molecule has 0 bridgehead atoms. The van der Waals surface area contributed by atoms with Gasteiger partial charge in [-0.15, -0.1) is 0 Å². The summed E-state index contributed by atoms with van der Waals surface area (Å²) in [6, 6.07) is 0. The minimum atomic E-state index is 0.610. The minimum Gasteiger partial charge on any atom is -0.384 e. The largest absolute Gasteiger partial charge is 0.384 e. The smallest absolute Gasteiger partial charge is 0.125 e. The highest BCUT2D eigenvalue weighted by Crippen LogP contribution is 2.35. The third-order valence-electron chi connectivity index (χ3n) is 2.51. The second-order valence-electron chi connectivity index (χ2n) is 3.31. The monoisotopic (exact) mass is 151 g/mol. The van der Waals surface area contributed by atoms with Gasteiger partial charge in [0, 0.05) is 12.6 Å². The maximum atomic E-state index is 5.84. The number of anilines is 1. The molecular weight excluding hydrogens is 138 g/mol. The molecule has 1 aromatic heterocycles. The van der Waals surface area contributed by atoms with Gasteiger partial charge >= 0.3 is 0 Å². The van der Waals surface area contributed by atoms with Gasteiger partial charge in [-0.2, -0.15) is 5.10 Å². The van der Waals surface area contributed by atoms with Crippen molar-refractivity contribution in [2.24, 2.45) is 7.05 Å². The number of fused-ring (bicyclic) bond motifs is 1. The van der Waals surface area contributed by atoms with Crippen molar-refractivity contribution in [3.8, 4) is 0 Å². The van der Waals surface area contributed by atoms with Gasteiger partial charge in [-0.1, -0.05) is 6.92 Å². The van der Waals surface area contributed by atoms with Gasteiger partial charge in [0.05, 0.1) is 5.69 Å². The standard InChI is InChI=1S/C8H13N3/c1-5-3-4-6-7(5)8(9)11(2)10-6/h5H,3-4,9H2,1-2H3. The lowest BCUT2D eigenvalue weighted by Crippen LogP contribution is -2.01. The van der Waals surface area contributed by atoms with Crippen molar-refractivity contribution in [2.45, 2.75) is 25.7 Å². The molecule has 0 aliphatic heterocycles. The molecule has 0 saturated carbocycles. The van der Waals surface area contributed by atoms with Crippen LogP contribution < -0.4 is 5.73 Å². The minimum absolute atomic E-state index is 0.610. The van der Waals surface area contributed by atoms with E-state index < -0.39 is 0 Å². The van der Waals surface area contributed by atoms with E-state index in [0.29, 0.717) is 5.92 Å². The second-order valence-corrected chi connectivity index (χ2v) is 3.31. The quantitative estimate of drug-likeness (QED) is 0.602. The number of hydrogen-bond donors (Lipinski definition) is 1. The molecule has 11 heavy (non-hydrogen) atoms. The number of hydrogen-bond acceptors (Lipinski definition) is 2. The Morgan fingerprint density at radius 2 is 2.36 bits per heavy atom. The highest BCUT2D eigenvalue weighted by Gasteiger charge is 2.25. The first-order chi connectivity index (χ1) is 5.20. The molecule has 1 aliphatic rings. The Balaban J connectivity index is 2.58. The summed E-state index contributed by atoms with van der Waals surface area (Å²) < 4.78 is 1.78. The lowest BCUT2D eigenvalue weighted by Gasteiger charge is -2.02. The Morgan fingerprint density at radius 1 is 1.64 bits per heavy atom. The van der Waals surface area contributed by atoms with Gasteiger partial charge in [0.2, 0.25) is 0 Å². The maximum Gasteiger partial charge on any atom is 0.125 e. The predicted octanol–water partition coefficient (Wildman–Crippen LogP) is 1.05. The first-order valence-corrected chi connectivity index (χ1v) is 4.01. The van der Waals surface area contributed by atoms with E-state index in [-0.39, 0.29) is 0 Å². The van der Waals surface area contributed by atoms with Gasteiger partial charge in [-0.25, -0.2) is 0 Å². The molecule has 1 aliphatic carbocycles. The number of aryl methyl sites for hydroxylation is 2. The lowest BCUT2D eigenvalue weighted by molar-refractivity contribution is 0.698. The van der Waals surface area contributed by atoms with E-state index in [1.165, 1.54) is 17.7 Å². The van der Waals surface area contributed by atoms with Crippen molar-refractivity contribution in [3.63, 3.8) is 0 Å². The zero-order valence-corrected chi connectivity index (χ0v) is 6.96. The molecule has 2 rings (SSSR count). The molecule has 0 amide bonds. The number of nitrogens with two attached hydrogens (primary N) is 1. The Kier molecular flexibility index (Phi) is 1.22. The number of nitrogens with zero attached hydrogens (tertiary/aromatic N) is 2. The molecule has 0 saturated heterocycles. The average Bonchev–Trinajstić information content (AvgIpc) is 2.41. The molecule has 1 aromatic rings. The Hall–Kier alpha value is -0.990. The molecule has 0 aromatic carbocycles. The van der Waals surface area contributed by atoms with Crippen LogP contribution in [0.15, 0.2) is 0 Å². The van der Waals surface area contributed by atoms with Crippen LogP contribution in [0, 0.1) is 0 Å². The SMILES string of the molecule is CC1CCc2nn(C)c(N)c21. The van der Waals surface area contributed by atoms with Crippen molar-refractivity contribution in [1.82, 2.24) is 9.78 Å². The molecule has 0 radical (unpaired) electrons. The zero-order valence-electron chi connectivity index (χ0n) is 6.96. The summed E-state index contributed by atoms with van der Waals surface area (Å²) in [4.78, 5) is 0. The fraction of sp³-hybridized carbons (Fsp3) is 0.625. The van der Waals surface area contributed by atoms with Gasteiger partial charge in [0.15, 0.2) is 0 Å². The fourth-order valence-electron chi connectivity index (χ4n) is 1.83. The molecular formula is C8H13N3. The first kappa shape index (κ1) is 6.70. The number of aromatic nitrogens is 2. The van der Waals surface area contributed by atoms with Crippen LogP contribution >= 0.6 is 0 Å². The summed E-state index contributed by atoms with van der Waals surface area (Å²) in [7, 11) is 1.90. The van der Waals surface area contributed by atoms with Gasteiger partial charge in [-0.3, -0.25) is 4.68 Å². The van der Waals surface area contributed by atoms with Gasteiger partial charge in [-0.05, 0) is 18.8 Å². The van der Waals surface area contributed by atoms with Crippen molar-refractivity contribution >= 4 is 5.82 Å². The van der Waals surface area contributed by atoms with E-state index in [1.807, 2.05) is 7.05 Å². The molecule has 1 unspecified atom stereocenters. The van der Waals surface area contributed by atoms with E-state index >= 15 is 0 Å². The normalized spacial score (nSPS) is 22.2. The summed E-state index contributed by atoms with van der Waals surface area (Å²) in [5, 5.41) is 4.33. The Morgan fingerprint density at radius 3 is 3.00 bits per heavy atom. The van der Waals surface area contributed by atoms with Crippen molar-refractivity contribution < 1.29 is 0 Å². The third kappa shape index (κ3) is 0.768. The van der Waals surface area contributed by atoms with Crippen molar-refractivity contribution in [1.29, 1.82) is 0 Å². The van der Waals surface area contributed by atoms with Crippen LogP contribution in [0.1, 0.15) is 30.5 Å². The molecule has 3 nitrogen and oxygen atoms in total. The van der Waals surface area contributed by atoms with E-state index in [4.69, 9.17) is 5.73 Å². The fourth-order valence-corrected chi connectivity index (χ4v) is 1.83. The summed E-state index contributed by atoms with van der Waals surface area (Å²) >= 11 is 0. The molecule has 1 atom stereocenters. The zero-order chi connectivity index (χ0) is 8.01. The molecule has 0 spiro atoms. The number of nitrogen functional groups attached to an aromatic ring is 1. The van der Waals surface area contributed by atoms with Crippen LogP contribution in [-0.2, 0) is 13.5 Å². The van der Waals surface area contributed by atoms with Crippen LogP contribution in [0.3, 0.4) is 0 Å². The van der Waals surface area contributed by atoms with Crippen LogP contribution in [0.25, 0.3) is 0 Å². The summed E-state index contributed by atoms with van der Waals surface area (Å²) in [6.07, 6.45) is 2.31. The predicted molar refractivity (Wildman–Crippen MR) is 44.4 cm³/mol. The topological polar surface area (TPSA) is 43.8 Å². The molecule has 3 heteroatoms. The molecule has 60 valence electrons. The molecule has 0 fully saturated rings. The molecule has 2 N–H and O–H groups in total. The summed E-state index contributed by atoms with van der Waals surface area (Å²) in [5.74, 6) is 1.46. The van der Waals surface area contributed by atoms with Gasteiger partial charge in [0.1, 0.15) is 5.82 Å². The average molecular weight is 151 g/mol. The molecule has 1 heterocycles. The highest BCUT2D eigenvalue weighted by molar-refractivity contribution is 5.48. The van der Waals surface area contributed by atoms with Crippen molar-refractivity contribution in [2.75, 3.05) is 5.73 Å². The van der Waals surface area contributed by atoms with E-state index in [1.54, 1.807) is 4.68 Å². The van der Waals surface area contributed by atoms with Gasteiger partial charge < -0.3 is 5.73 Å².